The van der Waals surface area contributed by atoms with Gasteiger partial charge in [0.25, 0.3) is 11.8 Å². The highest BCUT2D eigenvalue weighted by Crippen LogP contribution is 2.27. The Hall–Kier alpha value is -4.04. The number of anilines is 2. The van der Waals surface area contributed by atoms with Crippen molar-refractivity contribution in [2.45, 2.75) is 13.1 Å². The van der Waals surface area contributed by atoms with Crippen LogP contribution in [0.25, 0.3) is 0 Å². The van der Waals surface area contributed by atoms with E-state index in [1.165, 1.54) is 11.3 Å². The van der Waals surface area contributed by atoms with Crippen LogP contribution in [0.1, 0.15) is 31.4 Å². The Labute approximate surface area is 208 Å². The number of hydrogen-bond donors (Lipinski definition) is 1. The number of thiophene rings is 1. The number of amides is 2. The maximum atomic E-state index is 13.3. The average molecular weight is 490 g/mol. The molecule has 0 aliphatic heterocycles. The smallest absolute Gasteiger partial charge is 0.264 e. The first-order chi connectivity index (χ1) is 16.9. The van der Waals surface area contributed by atoms with Crippen LogP contribution in [0, 0.1) is 0 Å². The molecule has 0 bridgehead atoms. The fraction of sp³-hybridized carbons (Fsp3) is 0.185. The molecule has 0 atom stereocenters. The van der Waals surface area contributed by atoms with Crippen molar-refractivity contribution in [3.8, 4) is 5.75 Å². The number of carbonyl (C=O) groups excluding carboxylic acids is 2. The fourth-order valence-corrected chi connectivity index (χ4v) is 4.44. The molecular formula is C27H27N3O4S. The minimum atomic E-state index is -0.241. The predicted octanol–water partition coefficient (Wildman–Crippen LogP) is 5.51. The first-order valence-corrected chi connectivity index (χ1v) is 11.9. The predicted molar refractivity (Wildman–Crippen MR) is 138 cm³/mol. The second-order valence-electron chi connectivity index (χ2n) is 8.14. The number of benzene rings is 2. The second kappa shape index (κ2) is 10.9. The van der Waals surface area contributed by atoms with Gasteiger partial charge in [-0.15, -0.1) is 11.3 Å². The van der Waals surface area contributed by atoms with Gasteiger partial charge in [0.15, 0.2) is 0 Å². The van der Waals surface area contributed by atoms with Gasteiger partial charge >= 0.3 is 0 Å². The number of carbonyl (C=O) groups is 2. The largest absolute Gasteiger partial charge is 0.497 e. The summed E-state index contributed by atoms with van der Waals surface area (Å²) in [6, 6.07) is 20.0. The molecule has 0 saturated carbocycles. The van der Waals surface area contributed by atoms with Gasteiger partial charge in [-0.25, -0.2) is 0 Å². The van der Waals surface area contributed by atoms with Gasteiger partial charge in [0, 0.05) is 37.6 Å². The molecule has 0 radical (unpaired) electrons. The van der Waals surface area contributed by atoms with E-state index in [4.69, 9.17) is 9.15 Å². The topological polar surface area (TPSA) is 75.0 Å². The average Bonchev–Trinajstić information content (AvgIpc) is 3.58. The van der Waals surface area contributed by atoms with Gasteiger partial charge in [0.2, 0.25) is 0 Å². The summed E-state index contributed by atoms with van der Waals surface area (Å²) in [6.07, 6.45) is 1.60. The minimum absolute atomic E-state index is 0.0769. The summed E-state index contributed by atoms with van der Waals surface area (Å²) >= 11 is 1.41. The molecule has 35 heavy (non-hydrogen) atoms. The molecule has 0 aliphatic rings. The van der Waals surface area contributed by atoms with Gasteiger partial charge in [0.1, 0.15) is 11.5 Å². The van der Waals surface area contributed by atoms with Gasteiger partial charge in [-0.1, -0.05) is 12.1 Å². The van der Waals surface area contributed by atoms with Gasteiger partial charge in [-0.05, 0) is 65.5 Å². The van der Waals surface area contributed by atoms with Gasteiger partial charge in [-0.2, -0.15) is 0 Å². The number of nitrogens with zero attached hydrogens (tertiary/aromatic N) is 2. The van der Waals surface area contributed by atoms with Crippen LogP contribution in [0.4, 0.5) is 11.4 Å². The minimum Gasteiger partial charge on any atom is -0.497 e. The number of hydrogen-bond acceptors (Lipinski definition) is 6. The summed E-state index contributed by atoms with van der Waals surface area (Å²) < 4.78 is 10.7. The Kier molecular flexibility index (Phi) is 7.52. The molecule has 2 heterocycles. The van der Waals surface area contributed by atoms with Gasteiger partial charge < -0.3 is 24.3 Å². The van der Waals surface area contributed by atoms with E-state index in [0.29, 0.717) is 40.7 Å². The zero-order valence-electron chi connectivity index (χ0n) is 19.9. The summed E-state index contributed by atoms with van der Waals surface area (Å²) in [5.74, 6) is 0.993. The van der Waals surface area contributed by atoms with Crippen LogP contribution in [0.15, 0.2) is 82.8 Å². The van der Waals surface area contributed by atoms with Crippen molar-refractivity contribution in [3.05, 3.63) is 100 Å². The normalized spacial score (nSPS) is 10.6. The van der Waals surface area contributed by atoms with Crippen LogP contribution in [0.3, 0.4) is 0 Å². The molecule has 0 fully saturated rings. The number of furan rings is 1. The molecule has 7 nitrogen and oxygen atoms in total. The van der Waals surface area contributed by atoms with E-state index in [9.17, 15) is 9.59 Å². The molecule has 4 aromatic rings. The SMILES string of the molecule is COc1cccc(C(=O)Nc2ccc(N(C)C)c(CN(Cc3ccco3)C(=O)c3cccs3)c2)c1. The molecule has 180 valence electrons. The van der Waals surface area contributed by atoms with Gasteiger partial charge in [-0.3, -0.25) is 9.59 Å². The number of ether oxygens (including phenoxy) is 1. The quantitative estimate of drug-likeness (QED) is 0.336. The van der Waals surface area contributed by atoms with Crippen molar-refractivity contribution in [3.63, 3.8) is 0 Å². The summed E-state index contributed by atoms with van der Waals surface area (Å²) in [4.78, 5) is 30.6. The Morgan fingerprint density at radius 3 is 2.54 bits per heavy atom. The summed E-state index contributed by atoms with van der Waals surface area (Å²) in [5.41, 5.74) is 2.98. The first kappa shape index (κ1) is 24.1. The third-order valence-electron chi connectivity index (χ3n) is 5.46. The van der Waals surface area contributed by atoms with Crippen LogP contribution in [-0.2, 0) is 13.1 Å². The van der Waals surface area contributed by atoms with Crippen LogP contribution in [0.5, 0.6) is 5.75 Å². The molecule has 0 spiro atoms. The summed E-state index contributed by atoms with van der Waals surface area (Å²) in [7, 11) is 5.46. The van der Waals surface area contributed by atoms with Crippen molar-refractivity contribution in [2.75, 3.05) is 31.4 Å². The van der Waals surface area contributed by atoms with Crippen LogP contribution in [0.2, 0.25) is 0 Å². The number of nitrogens with one attached hydrogen (secondary N) is 1. The molecule has 4 rings (SSSR count). The van der Waals surface area contributed by atoms with Crippen LogP contribution >= 0.6 is 11.3 Å². The highest BCUT2D eigenvalue weighted by Gasteiger charge is 2.21. The number of methoxy groups -OCH3 is 1. The molecule has 8 heteroatoms. The summed E-state index contributed by atoms with van der Waals surface area (Å²) in [6.45, 7) is 0.671. The molecule has 2 amide bonds. The van der Waals surface area contributed by atoms with E-state index in [-0.39, 0.29) is 11.8 Å². The molecule has 0 aliphatic carbocycles. The van der Waals surface area contributed by atoms with Crippen molar-refractivity contribution < 1.29 is 18.7 Å². The molecule has 1 N–H and O–H groups in total. The van der Waals surface area contributed by atoms with Crippen molar-refractivity contribution in [1.29, 1.82) is 0 Å². The van der Waals surface area contributed by atoms with E-state index >= 15 is 0 Å². The van der Waals surface area contributed by atoms with Crippen molar-refractivity contribution in [1.82, 2.24) is 4.90 Å². The van der Waals surface area contributed by atoms with E-state index < -0.39 is 0 Å². The highest BCUT2D eigenvalue weighted by molar-refractivity contribution is 7.12. The maximum absolute atomic E-state index is 13.3. The van der Waals surface area contributed by atoms with E-state index in [1.807, 2.05) is 66.8 Å². The highest BCUT2D eigenvalue weighted by atomic mass is 32.1. The lowest BCUT2D eigenvalue weighted by molar-refractivity contribution is 0.0722. The molecular weight excluding hydrogens is 462 g/mol. The lowest BCUT2D eigenvalue weighted by Crippen LogP contribution is -2.30. The molecule has 0 unspecified atom stereocenters. The van der Waals surface area contributed by atoms with E-state index in [0.717, 1.165) is 11.3 Å². The molecule has 0 saturated heterocycles. The second-order valence-corrected chi connectivity index (χ2v) is 9.09. The van der Waals surface area contributed by atoms with Crippen molar-refractivity contribution >= 4 is 34.5 Å². The summed E-state index contributed by atoms with van der Waals surface area (Å²) in [5, 5.41) is 4.85. The molecule has 2 aromatic carbocycles. The fourth-order valence-electron chi connectivity index (χ4n) is 3.75. The van der Waals surface area contributed by atoms with Crippen LogP contribution in [-0.4, -0.2) is 37.9 Å². The van der Waals surface area contributed by atoms with Gasteiger partial charge in [0.05, 0.1) is 24.8 Å². The zero-order valence-corrected chi connectivity index (χ0v) is 20.7. The van der Waals surface area contributed by atoms with Crippen molar-refractivity contribution in [2.24, 2.45) is 0 Å². The standard InChI is InChI=1S/C27H27N3O4S/c1-29(2)24-12-11-21(28-26(31)19-7-4-8-22(16-19)33-3)15-20(24)17-30(18-23-9-5-13-34-23)27(32)25-10-6-14-35-25/h4-16H,17-18H2,1-3H3,(H,28,31). The van der Waals surface area contributed by atoms with Crippen LogP contribution < -0.4 is 15.0 Å². The Balaban J connectivity index is 1.62. The lowest BCUT2D eigenvalue weighted by atomic mass is 10.1. The molecule has 2 aromatic heterocycles. The first-order valence-electron chi connectivity index (χ1n) is 11.1. The third kappa shape index (κ3) is 5.91. The Morgan fingerprint density at radius 2 is 1.86 bits per heavy atom. The maximum Gasteiger partial charge on any atom is 0.264 e. The third-order valence-corrected chi connectivity index (χ3v) is 6.32. The zero-order chi connectivity index (χ0) is 24.8. The number of rotatable bonds is 9. The van der Waals surface area contributed by atoms with E-state index in [1.54, 1.807) is 42.5 Å². The Morgan fingerprint density at radius 1 is 1.00 bits per heavy atom. The Bertz CT molecular complexity index is 1280. The lowest BCUT2D eigenvalue weighted by Gasteiger charge is -2.25. The monoisotopic (exact) mass is 489 g/mol. The van der Waals surface area contributed by atoms with E-state index in [2.05, 4.69) is 5.32 Å².